The third-order valence-corrected chi connectivity index (χ3v) is 8.06. The van der Waals surface area contributed by atoms with Crippen molar-refractivity contribution < 1.29 is 39.9 Å². The van der Waals surface area contributed by atoms with Crippen molar-refractivity contribution in [2.75, 3.05) is 18.9 Å². The molecule has 36 heavy (non-hydrogen) atoms. The van der Waals surface area contributed by atoms with E-state index in [2.05, 4.69) is 0 Å². The van der Waals surface area contributed by atoms with Crippen LogP contribution < -0.4 is 4.72 Å². The van der Waals surface area contributed by atoms with Crippen molar-refractivity contribution in [2.24, 2.45) is 0 Å². The van der Waals surface area contributed by atoms with Gasteiger partial charge in [0, 0.05) is 23.1 Å². The molecule has 6 nitrogen and oxygen atoms in total. The Balaban J connectivity index is 1.75. The van der Waals surface area contributed by atoms with Crippen LogP contribution in [0.15, 0.2) is 30.3 Å². The minimum atomic E-state index is -4.11. The van der Waals surface area contributed by atoms with Gasteiger partial charge in [-0.3, -0.25) is 4.79 Å². The molecule has 1 amide bonds. The van der Waals surface area contributed by atoms with Crippen LogP contribution in [0.2, 0.25) is 0 Å². The lowest BCUT2D eigenvalue weighted by molar-refractivity contribution is -0.158. The number of hydrogen-bond donors (Lipinski definition) is 1. The van der Waals surface area contributed by atoms with Gasteiger partial charge in [-0.2, -0.15) is 0 Å². The van der Waals surface area contributed by atoms with Gasteiger partial charge in [0.1, 0.15) is 29.6 Å². The van der Waals surface area contributed by atoms with Gasteiger partial charge in [-0.1, -0.05) is 18.2 Å². The van der Waals surface area contributed by atoms with E-state index in [1.54, 1.807) is 0 Å². The van der Waals surface area contributed by atoms with Gasteiger partial charge in [-0.05, 0) is 38.0 Å². The summed E-state index contributed by atoms with van der Waals surface area (Å²) in [6.07, 6.45) is -1.09. The quantitative estimate of drug-likeness (QED) is 0.554. The van der Waals surface area contributed by atoms with Gasteiger partial charge in [-0.15, -0.1) is 0 Å². The molecular formula is C24H25F5N2O4S. The van der Waals surface area contributed by atoms with Crippen LogP contribution in [0.4, 0.5) is 22.0 Å². The van der Waals surface area contributed by atoms with Gasteiger partial charge in [0.25, 0.3) is 11.8 Å². The molecule has 0 aromatic heterocycles. The molecule has 0 saturated carbocycles. The molecule has 2 aliphatic rings. The molecule has 0 bridgehead atoms. The van der Waals surface area contributed by atoms with E-state index in [-0.39, 0.29) is 28.9 Å². The maximum Gasteiger partial charge on any atom is 0.283 e. The lowest BCUT2D eigenvalue weighted by atomic mass is 9.94. The van der Waals surface area contributed by atoms with E-state index in [1.807, 2.05) is 4.72 Å². The first kappa shape index (κ1) is 26.5. The molecule has 12 heteroatoms. The number of halogens is 5. The second-order valence-corrected chi connectivity index (χ2v) is 11.0. The molecule has 4 rings (SSSR count). The first-order valence-electron chi connectivity index (χ1n) is 11.4. The summed E-state index contributed by atoms with van der Waals surface area (Å²) < 4.78 is 106. The van der Waals surface area contributed by atoms with Crippen molar-refractivity contribution in [1.29, 1.82) is 0 Å². The average molecular weight is 533 g/mol. The van der Waals surface area contributed by atoms with Gasteiger partial charge < -0.3 is 9.64 Å². The van der Waals surface area contributed by atoms with Gasteiger partial charge in [0.05, 0.1) is 24.9 Å². The van der Waals surface area contributed by atoms with Gasteiger partial charge in [0.15, 0.2) is 0 Å². The minimum Gasteiger partial charge on any atom is -0.368 e. The van der Waals surface area contributed by atoms with E-state index in [1.165, 1.54) is 32.0 Å². The van der Waals surface area contributed by atoms with Crippen LogP contribution >= 0.6 is 0 Å². The number of alkyl halides is 2. The number of carbonyl (C=O) groups is 1. The number of ether oxygens (including phenoxy) is 1. The summed E-state index contributed by atoms with van der Waals surface area (Å²) in [6.45, 7) is 1.70. The Hall–Kier alpha value is -2.57. The molecule has 2 aliphatic heterocycles. The molecule has 2 aromatic rings. The highest BCUT2D eigenvalue weighted by Gasteiger charge is 2.58. The second kappa shape index (κ2) is 9.71. The highest BCUT2D eigenvalue weighted by molar-refractivity contribution is 7.89. The van der Waals surface area contributed by atoms with E-state index < -0.39 is 76.2 Å². The van der Waals surface area contributed by atoms with Crippen molar-refractivity contribution in [3.8, 4) is 11.1 Å². The zero-order chi connectivity index (χ0) is 26.4. The number of benzene rings is 2. The Bertz CT molecular complexity index is 1280. The van der Waals surface area contributed by atoms with Gasteiger partial charge in [-0.25, -0.2) is 35.1 Å². The summed E-state index contributed by atoms with van der Waals surface area (Å²) in [6, 6.07) is 2.54. The fourth-order valence-corrected chi connectivity index (χ4v) is 5.35. The van der Waals surface area contributed by atoms with Crippen molar-refractivity contribution in [3.63, 3.8) is 0 Å². The highest BCUT2D eigenvalue weighted by atomic mass is 32.2. The number of rotatable bonds is 7. The highest BCUT2D eigenvalue weighted by Crippen LogP contribution is 2.38. The van der Waals surface area contributed by atoms with Gasteiger partial charge in [0.2, 0.25) is 10.0 Å². The Labute approximate surface area is 205 Å². The third kappa shape index (κ3) is 4.85. The van der Waals surface area contributed by atoms with E-state index in [9.17, 15) is 22.0 Å². The Morgan fingerprint density at radius 1 is 1.14 bits per heavy atom. The van der Waals surface area contributed by atoms with E-state index >= 15 is 13.2 Å². The summed E-state index contributed by atoms with van der Waals surface area (Å²) in [5, 5.41) is 0. The molecule has 196 valence electrons. The molecule has 3 atom stereocenters. The van der Waals surface area contributed by atoms with Crippen LogP contribution in [0.1, 0.15) is 24.5 Å². The number of amides is 1. The van der Waals surface area contributed by atoms with Crippen LogP contribution in [0.25, 0.3) is 11.1 Å². The van der Waals surface area contributed by atoms with Crippen LogP contribution in [-0.4, -0.2) is 62.2 Å². The lowest BCUT2D eigenvalue weighted by Crippen LogP contribution is -2.54. The number of carbonyl (C=O) groups excluding carboxylic acids is 1. The number of nitrogens with one attached hydrogen (secondary N) is 1. The predicted molar refractivity (Wildman–Crippen MR) is 121 cm³/mol. The fourth-order valence-electron chi connectivity index (χ4n) is 4.47. The average Bonchev–Trinajstić information content (AvgIpc) is 3.02. The smallest absolute Gasteiger partial charge is 0.283 e. The van der Waals surface area contributed by atoms with Crippen molar-refractivity contribution >= 4 is 15.9 Å². The fraction of sp³-hybridized carbons (Fsp3) is 0.458. The van der Waals surface area contributed by atoms with Crippen LogP contribution in [0.3, 0.4) is 0 Å². The zero-order valence-electron chi connectivity index (χ0n) is 19.5. The van der Waals surface area contributed by atoms with E-state index in [0.29, 0.717) is 6.42 Å². The van der Waals surface area contributed by atoms with Gasteiger partial charge >= 0.3 is 0 Å². The van der Waals surface area contributed by atoms with Crippen molar-refractivity contribution in [3.05, 3.63) is 58.9 Å². The Morgan fingerprint density at radius 2 is 1.81 bits per heavy atom. The molecule has 1 unspecified atom stereocenters. The predicted octanol–water partition coefficient (Wildman–Crippen LogP) is 3.56. The second-order valence-electron chi connectivity index (χ2n) is 8.96. The largest absolute Gasteiger partial charge is 0.368 e. The maximum absolute atomic E-state index is 15.6. The van der Waals surface area contributed by atoms with Crippen molar-refractivity contribution in [2.45, 2.75) is 50.8 Å². The number of hydrogen-bond acceptors (Lipinski definition) is 4. The van der Waals surface area contributed by atoms with Crippen LogP contribution in [-0.2, 0) is 26.0 Å². The monoisotopic (exact) mass is 532 g/mol. The first-order chi connectivity index (χ1) is 16.9. The molecule has 2 fully saturated rings. The molecule has 0 radical (unpaired) electrons. The normalized spacial score (nSPS) is 23.5. The molecule has 2 aromatic carbocycles. The Morgan fingerprint density at radius 3 is 2.42 bits per heavy atom. The molecule has 0 aliphatic carbocycles. The lowest BCUT2D eigenvalue weighted by Gasteiger charge is -2.34. The molecule has 1 N–H and O–H groups in total. The molecule has 2 saturated heterocycles. The molecular weight excluding hydrogens is 507 g/mol. The summed E-state index contributed by atoms with van der Waals surface area (Å²) in [7, 11) is -4.11. The maximum atomic E-state index is 15.6. The van der Waals surface area contributed by atoms with Crippen LogP contribution in [0, 0.1) is 24.4 Å². The summed E-state index contributed by atoms with van der Waals surface area (Å²) in [5.74, 6) is -7.56. The molecule has 2 heterocycles. The minimum absolute atomic E-state index is 0.135. The standard InChI is InChI=1S/C24H25F5N2O4S/c1-3-36(33,34)30-22-18(31(12-24(22,28)29)23(32)19-9-10-35-19)11-14-5-4-6-15(21(14)27)16-7-8-17(25)13(2)20(16)26/h4-8,18-19,22,30H,3,9-12H2,1-2H3/t18-,19?,22+/m0/s1. The summed E-state index contributed by atoms with van der Waals surface area (Å²) >= 11 is 0. The summed E-state index contributed by atoms with van der Waals surface area (Å²) in [5.41, 5.74) is -0.878. The third-order valence-electron chi connectivity index (χ3n) is 6.68. The van der Waals surface area contributed by atoms with Crippen molar-refractivity contribution in [1.82, 2.24) is 9.62 Å². The summed E-state index contributed by atoms with van der Waals surface area (Å²) in [4.78, 5) is 13.7. The van der Waals surface area contributed by atoms with Crippen LogP contribution in [0.5, 0.6) is 0 Å². The number of likely N-dealkylation sites (tertiary alicyclic amines) is 1. The topological polar surface area (TPSA) is 75.7 Å². The SMILES string of the molecule is CCS(=O)(=O)N[C@@H]1[C@H](Cc2cccc(-c3ccc(F)c(C)c3F)c2F)N(C(=O)C2CCO2)CC1(F)F. The number of sulfonamides is 1. The van der Waals surface area contributed by atoms with E-state index in [0.717, 1.165) is 17.0 Å². The Kier molecular flexibility index (Phi) is 7.15. The molecule has 0 spiro atoms. The number of nitrogens with zero attached hydrogens (tertiary/aromatic N) is 1. The van der Waals surface area contributed by atoms with E-state index in [4.69, 9.17) is 4.74 Å². The first-order valence-corrected chi connectivity index (χ1v) is 13.0. The zero-order valence-corrected chi connectivity index (χ0v) is 20.3.